The third kappa shape index (κ3) is 12.7. The van der Waals surface area contributed by atoms with Gasteiger partial charge in [0.15, 0.2) is 0 Å². The van der Waals surface area contributed by atoms with E-state index >= 15 is 0 Å². The van der Waals surface area contributed by atoms with E-state index in [1.807, 2.05) is 5.32 Å². The first-order valence-corrected chi connectivity index (χ1v) is 3.90. The van der Waals surface area contributed by atoms with E-state index in [-0.39, 0.29) is 12.8 Å². The quantitative estimate of drug-likeness (QED) is 0.600. The molecule has 0 unspecified atom stereocenters. The first-order valence-electron chi connectivity index (χ1n) is 3.90. The lowest BCUT2D eigenvalue weighted by Gasteiger charge is -2.10. The van der Waals surface area contributed by atoms with Gasteiger partial charge in [-0.15, -0.1) is 17.6 Å². The van der Waals surface area contributed by atoms with Crippen LogP contribution in [0.5, 0.6) is 0 Å². The van der Waals surface area contributed by atoms with Crippen molar-refractivity contribution in [2.45, 2.75) is 32.2 Å². The third-order valence-electron chi connectivity index (χ3n) is 1.24. The fourth-order valence-electron chi connectivity index (χ4n) is 0.635. The molecule has 0 heterocycles. The Hall–Kier alpha value is -1.28. The van der Waals surface area contributed by atoms with E-state index in [2.05, 4.69) is 0 Å². The Morgan fingerprint density at radius 2 is 1.69 bits per heavy atom. The summed E-state index contributed by atoms with van der Waals surface area (Å²) in [6.45, 7) is 1.54. The third-order valence-corrected chi connectivity index (χ3v) is 1.24. The minimum Gasteiger partial charge on any atom is -0.349 e. The first-order chi connectivity index (χ1) is 7.13. The summed E-state index contributed by atoms with van der Waals surface area (Å²) < 4.78 is 62.1. The van der Waals surface area contributed by atoms with Gasteiger partial charge < -0.3 is 5.32 Å². The van der Waals surface area contributed by atoms with E-state index < -0.39 is 24.7 Å². The minimum atomic E-state index is -5.50. The van der Waals surface area contributed by atoms with Crippen molar-refractivity contribution >= 4 is 12.2 Å². The van der Waals surface area contributed by atoms with Crippen LogP contribution in [0.15, 0.2) is 0 Å². The van der Waals surface area contributed by atoms with Crippen LogP contribution in [0, 0.1) is 0 Å². The monoisotopic (exact) mass is 253 g/mol. The van der Waals surface area contributed by atoms with Gasteiger partial charge >= 0.3 is 6.43 Å². The van der Waals surface area contributed by atoms with Crippen LogP contribution in [0.2, 0.25) is 0 Å². The summed E-state index contributed by atoms with van der Waals surface area (Å²) in [6, 6.07) is -1.05. The first kappa shape index (κ1) is 17.1. The smallest absolute Gasteiger partial charge is 0.349 e. The van der Waals surface area contributed by atoms with E-state index in [1.165, 1.54) is 0 Å². The van der Waals surface area contributed by atoms with Gasteiger partial charge in [-0.25, -0.2) is 8.78 Å². The highest BCUT2D eigenvalue weighted by Gasteiger charge is 2.24. The number of hydrogen-bond acceptors (Lipinski definition) is 2. The van der Waals surface area contributed by atoms with E-state index in [0.717, 1.165) is 0 Å². The van der Waals surface area contributed by atoms with Gasteiger partial charge in [-0.3, -0.25) is 9.59 Å². The molecule has 0 aliphatic heterocycles. The second-order valence-electron chi connectivity index (χ2n) is 2.38. The van der Waals surface area contributed by atoms with Crippen LogP contribution in [0.1, 0.15) is 13.3 Å². The highest BCUT2D eigenvalue weighted by Crippen LogP contribution is 2.13. The molecule has 0 aromatic heterocycles. The fraction of sp³-hybridized carbons (Fsp3) is 0.714. The van der Waals surface area contributed by atoms with Gasteiger partial charge in [-0.2, -0.15) is 0 Å². The van der Waals surface area contributed by atoms with Crippen LogP contribution < -0.4 is 5.32 Å². The molecule has 1 atom stereocenters. The zero-order chi connectivity index (χ0) is 13.4. The van der Waals surface area contributed by atoms with Crippen LogP contribution in [-0.4, -0.2) is 31.1 Å². The number of carbonyl (C=O) groups excluding carboxylic acids is 2. The average Bonchev–Trinajstić information content (AvgIpc) is 2.10. The maximum Gasteiger partial charge on any atom is 0.559 e. The van der Waals surface area contributed by atoms with Crippen molar-refractivity contribution in [3.63, 3.8) is 0 Å². The average molecular weight is 253 g/mol. The number of ketones is 1. The Morgan fingerprint density at radius 3 is 1.88 bits per heavy atom. The predicted molar refractivity (Wildman–Crippen MR) is 41.5 cm³/mol. The second kappa shape index (κ2) is 7.94. The van der Waals surface area contributed by atoms with Gasteiger partial charge in [0.2, 0.25) is 12.2 Å². The number of halogens is 6. The van der Waals surface area contributed by atoms with Gasteiger partial charge in [0, 0.05) is 0 Å². The predicted octanol–water partition coefficient (Wildman–Crippen LogP) is 1.82. The highest BCUT2D eigenvalue weighted by molar-refractivity contribution is 5.88. The molecule has 3 nitrogen and oxygen atoms in total. The summed E-state index contributed by atoms with van der Waals surface area (Å²) in [5, 5.41) is 2.00. The number of alkyl halides is 6. The number of Topliss-reactive ketones (excluding diaryl/α,β-unsaturated/α-hetero) is 1. The number of rotatable bonds is 5. The molecule has 9 heteroatoms. The Balaban J connectivity index is 0. The zero-order valence-electron chi connectivity index (χ0n) is 8.02. The summed E-state index contributed by atoms with van der Waals surface area (Å²) in [5.74, 6) is -1.24. The zero-order valence-corrected chi connectivity index (χ0v) is 8.02. The van der Waals surface area contributed by atoms with Crippen molar-refractivity contribution in [2.24, 2.45) is 0 Å². The Morgan fingerprint density at radius 1 is 1.31 bits per heavy atom. The molecule has 0 radical (unpaired) electrons. The molecule has 0 saturated heterocycles. The summed E-state index contributed by atoms with van der Waals surface area (Å²) in [7, 11) is 0. The highest BCUT2D eigenvalue weighted by atomic mass is 19.5. The van der Waals surface area contributed by atoms with Crippen molar-refractivity contribution in [1.82, 2.24) is 5.32 Å². The van der Waals surface area contributed by atoms with Gasteiger partial charge in [-0.1, -0.05) is 6.92 Å². The topological polar surface area (TPSA) is 46.2 Å². The lowest BCUT2D eigenvalue weighted by molar-refractivity contribution is -0.237. The van der Waals surface area contributed by atoms with Gasteiger partial charge in [0.1, 0.15) is 0 Å². The van der Waals surface area contributed by atoms with Crippen LogP contribution >= 0.6 is 0 Å². The molecule has 0 aromatic carbocycles. The van der Waals surface area contributed by atoms with Crippen molar-refractivity contribution < 1.29 is 35.9 Å². The molecular formula is C7H9F6NO2. The molecule has 1 amide bonds. The summed E-state index contributed by atoms with van der Waals surface area (Å²) in [6.07, 6.45) is -8.08. The van der Waals surface area contributed by atoms with Crippen LogP contribution in [0.3, 0.4) is 0 Å². The SMILES string of the molecule is CC[C@H](NC=O)C(=O)C(F)F.FC(F)(F)F. The Bertz CT molecular complexity index is 211. The molecule has 96 valence electrons. The molecule has 0 aromatic rings. The maximum atomic E-state index is 11.7. The molecule has 1 N–H and O–H groups in total. The van der Waals surface area contributed by atoms with Crippen molar-refractivity contribution in [3.05, 3.63) is 0 Å². The van der Waals surface area contributed by atoms with E-state index in [9.17, 15) is 35.9 Å². The van der Waals surface area contributed by atoms with Gasteiger partial charge in [0.25, 0.3) is 6.43 Å². The Kier molecular flexibility index (Phi) is 8.50. The fourth-order valence-corrected chi connectivity index (χ4v) is 0.635. The second-order valence-corrected chi connectivity index (χ2v) is 2.38. The van der Waals surface area contributed by atoms with Gasteiger partial charge in [0.05, 0.1) is 6.04 Å². The Labute approximate surface area is 86.8 Å². The van der Waals surface area contributed by atoms with Crippen LogP contribution in [-0.2, 0) is 9.59 Å². The summed E-state index contributed by atoms with van der Waals surface area (Å²) in [5.41, 5.74) is 0. The molecule has 0 aliphatic carbocycles. The van der Waals surface area contributed by atoms with Crippen LogP contribution in [0.25, 0.3) is 0 Å². The lowest BCUT2D eigenvalue weighted by Crippen LogP contribution is -2.38. The molecular weight excluding hydrogens is 244 g/mol. The molecule has 0 aliphatic rings. The standard InChI is InChI=1S/C6H9F2NO2.CF4/c1-2-4(9-3-10)5(11)6(7)8;2-1(3,4)5/h3-4,6H,2H2,1H3,(H,9,10);/t4-;/m0./s1. The molecule has 0 fully saturated rings. The molecule has 0 bridgehead atoms. The van der Waals surface area contributed by atoms with Gasteiger partial charge in [-0.05, 0) is 6.42 Å². The largest absolute Gasteiger partial charge is 0.559 e. The van der Waals surface area contributed by atoms with Crippen molar-refractivity contribution in [2.75, 3.05) is 0 Å². The number of amides is 1. The molecule has 0 spiro atoms. The van der Waals surface area contributed by atoms with Crippen molar-refractivity contribution in [1.29, 1.82) is 0 Å². The lowest BCUT2D eigenvalue weighted by atomic mass is 10.1. The molecule has 0 saturated carbocycles. The molecule has 0 rings (SSSR count). The van der Waals surface area contributed by atoms with E-state index in [4.69, 9.17) is 0 Å². The number of nitrogens with one attached hydrogen (secondary N) is 1. The summed E-state index contributed by atoms with van der Waals surface area (Å²) in [4.78, 5) is 20.3. The number of carbonyl (C=O) groups is 2. The number of hydrogen-bond donors (Lipinski definition) is 1. The van der Waals surface area contributed by atoms with E-state index in [1.54, 1.807) is 6.92 Å². The normalized spacial score (nSPS) is 12.5. The van der Waals surface area contributed by atoms with Crippen molar-refractivity contribution in [3.8, 4) is 0 Å². The van der Waals surface area contributed by atoms with Crippen LogP contribution in [0.4, 0.5) is 26.3 Å². The summed E-state index contributed by atoms with van der Waals surface area (Å²) >= 11 is 0. The van der Waals surface area contributed by atoms with E-state index in [0.29, 0.717) is 0 Å². The minimum absolute atomic E-state index is 0.182. The molecule has 16 heavy (non-hydrogen) atoms. The maximum absolute atomic E-state index is 11.7.